The Morgan fingerprint density at radius 3 is 2.24 bits per heavy atom. The van der Waals surface area contributed by atoms with Gasteiger partial charge in [-0.15, -0.1) is 11.3 Å². The van der Waals surface area contributed by atoms with E-state index in [1.807, 2.05) is 123 Å². The number of benzene rings is 4. The van der Waals surface area contributed by atoms with Crippen molar-refractivity contribution in [2.45, 2.75) is 107 Å². The SMILES string of the molecule is CCN(CC)c1ccc2c(-c3ccc(S(=O)(=O)NC(=O)NCCCC[C@H](NC(=O)Cc4csc(=N)n4C)C(=O)N[C@@H](Cc4c[n+](Cc5ccccc5)cn4C)C(=O)NC4CCN(C)CC4)cc3S(=O)(=O)[O-])c3ccc(=[N+](CC)CC)cc-3oc2c1. The van der Waals surface area contributed by atoms with Crippen LogP contribution < -0.4 is 50.2 Å². The lowest BCUT2D eigenvalue weighted by Crippen LogP contribution is -2.56. The zero-order chi connectivity index (χ0) is 61.2. The number of urea groups is 1. The first-order chi connectivity index (χ1) is 40.6. The zero-order valence-electron chi connectivity index (χ0n) is 49.1. The summed E-state index contributed by atoms with van der Waals surface area (Å²) < 4.78 is 83.5. The number of anilines is 1. The molecule has 8 rings (SSSR count). The second-order valence-electron chi connectivity index (χ2n) is 21.4. The number of thiazole rings is 1. The number of amides is 5. The number of likely N-dealkylation sites (tertiary alicyclic amines) is 1. The summed E-state index contributed by atoms with van der Waals surface area (Å²) >= 11 is 1.16. The molecule has 22 nitrogen and oxygen atoms in total. The Kier molecular flexibility index (Phi) is 20.9. The standard InChI is InChI=1S/C60H76N12O10S3/c1-8-71(9-2)42-20-23-47-52(32-42)82-53-33-43(72(10-3)11-4)21-24-48(53)56(47)49-25-22-46(35-54(49)85(79,80)81)84(77,78)66-60(76)62-28-16-15-19-50(64-55(73)34-45-38-83-59(61)69(45)7)57(74)65-51(58(75)63-41-26-29-67(5)30-27-41)31-44-37-70(39-68(44)6)36-40-17-13-12-14-18-40/h12-14,17-18,20-25,32-33,35,37-39,41,50-51,61H,8-11,15-16,19,26-31,34,36H2,1-7H3,(H4-2,62,63,64,65,66,73,74,75,76,79,80,81)/p+1/t50-,51-/m0/s1. The highest BCUT2D eigenvalue weighted by molar-refractivity contribution is 7.90. The van der Waals surface area contributed by atoms with Gasteiger partial charge in [0.05, 0.1) is 29.3 Å². The first kappa shape index (κ1) is 63.3. The number of carbonyl (C=O) groups excluding carboxylic acids is 4. The number of aromatic nitrogens is 3. The molecule has 0 saturated carbocycles. The highest BCUT2D eigenvalue weighted by Crippen LogP contribution is 2.43. The summed E-state index contributed by atoms with van der Waals surface area (Å²) in [5, 5.41) is 22.6. The molecule has 1 aliphatic carbocycles. The van der Waals surface area contributed by atoms with Crippen LogP contribution in [0.4, 0.5) is 10.5 Å². The highest BCUT2D eigenvalue weighted by atomic mass is 32.2. The first-order valence-corrected chi connectivity index (χ1v) is 32.5. The molecule has 3 aromatic carbocycles. The van der Waals surface area contributed by atoms with Gasteiger partial charge >= 0.3 is 6.03 Å². The number of aryl methyl sites for hydroxylation is 1. The minimum absolute atomic E-state index is 0.0518. The van der Waals surface area contributed by atoms with Crippen molar-refractivity contribution in [1.29, 1.82) is 5.41 Å². The van der Waals surface area contributed by atoms with Crippen LogP contribution in [-0.2, 0) is 68.0 Å². The van der Waals surface area contributed by atoms with Crippen LogP contribution in [0, 0.1) is 5.41 Å². The summed E-state index contributed by atoms with van der Waals surface area (Å²) in [4.78, 5) is 58.8. The topological polar surface area (TPSA) is 280 Å². The summed E-state index contributed by atoms with van der Waals surface area (Å²) in [6.07, 6.45) is 5.81. The van der Waals surface area contributed by atoms with Crippen molar-refractivity contribution in [3.05, 3.63) is 130 Å². The van der Waals surface area contributed by atoms with Crippen LogP contribution in [0.2, 0.25) is 0 Å². The Labute approximate surface area is 500 Å². The Hall–Kier alpha value is -7.71. The van der Waals surface area contributed by atoms with Gasteiger partial charge in [0.15, 0.2) is 4.80 Å². The van der Waals surface area contributed by atoms with E-state index >= 15 is 0 Å². The number of unbranched alkanes of at least 4 members (excludes halogenated alkanes) is 1. The number of nitrogens with zero attached hydrogens (tertiary/aromatic N) is 6. The lowest BCUT2D eigenvalue weighted by Gasteiger charge is -2.31. The smallest absolute Gasteiger partial charge is 0.328 e. The molecule has 85 heavy (non-hydrogen) atoms. The van der Waals surface area contributed by atoms with Crippen LogP contribution in [0.1, 0.15) is 76.8 Å². The number of imidazole rings is 1. The molecule has 0 radical (unpaired) electrons. The molecule has 3 aliphatic rings. The van der Waals surface area contributed by atoms with Crippen molar-refractivity contribution in [1.82, 2.24) is 44.6 Å². The molecule has 1 saturated heterocycles. The minimum Gasteiger partial charge on any atom is -0.744 e. The Morgan fingerprint density at radius 1 is 0.847 bits per heavy atom. The molecule has 0 unspecified atom stereocenters. The molecule has 6 N–H and O–H groups in total. The van der Waals surface area contributed by atoms with Crippen LogP contribution in [0.15, 0.2) is 117 Å². The monoisotopic (exact) mass is 1220 g/mol. The summed E-state index contributed by atoms with van der Waals surface area (Å²) in [5.41, 5.74) is 4.44. The van der Waals surface area contributed by atoms with Crippen LogP contribution in [-0.4, -0.2) is 130 Å². The second-order valence-corrected chi connectivity index (χ2v) is 25.3. The zero-order valence-corrected chi connectivity index (χ0v) is 51.6. The maximum atomic E-state index is 14.5. The summed E-state index contributed by atoms with van der Waals surface area (Å²) in [7, 11) is -4.60. The molecule has 2 aliphatic heterocycles. The van der Waals surface area contributed by atoms with E-state index in [2.05, 4.69) is 35.6 Å². The number of piperidine rings is 1. The van der Waals surface area contributed by atoms with Gasteiger partial charge in [-0.25, -0.2) is 40.1 Å². The molecule has 2 aromatic heterocycles. The third kappa shape index (κ3) is 15.8. The molecular weight excluding hydrogens is 1140 g/mol. The average Bonchev–Trinajstić information content (AvgIpc) is 1.57. The first-order valence-electron chi connectivity index (χ1n) is 28.7. The van der Waals surface area contributed by atoms with Crippen molar-refractivity contribution < 1.29 is 49.6 Å². The van der Waals surface area contributed by atoms with Crippen molar-refractivity contribution in [2.75, 3.05) is 57.8 Å². The maximum Gasteiger partial charge on any atom is 0.328 e. The normalized spacial score (nSPS) is 14.0. The van der Waals surface area contributed by atoms with Crippen LogP contribution >= 0.6 is 11.3 Å². The lowest BCUT2D eigenvalue weighted by molar-refractivity contribution is -0.688. The largest absolute Gasteiger partial charge is 0.744 e. The van der Waals surface area contributed by atoms with E-state index in [4.69, 9.17) is 9.83 Å². The number of rotatable bonds is 25. The number of hydrogen-bond donors (Lipinski definition) is 6. The molecule has 25 heteroatoms. The van der Waals surface area contributed by atoms with Gasteiger partial charge in [0.2, 0.25) is 29.4 Å². The molecular formula is C60H77N12O10S3+. The molecule has 0 spiro atoms. The van der Waals surface area contributed by atoms with Crippen molar-refractivity contribution in [3.63, 3.8) is 0 Å². The van der Waals surface area contributed by atoms with Gasteiger partial charge in [-0.2, -0.15) is 0 Å². The van der Waals surface area contributed by atoms with Gasteiger partial charge in [-0.1, -0.05) is 36.4 Å². The van der Waals surface area contributed by atoms with Crippen LogP contribution in [0.5, 0.6) is 0 Å². The number of carbonyl (C=O) groups is 4. The summed E-state index contributed by atoms with van der Waals surface area (Å²) in [6.45, 7) is 13.0. The van der Waals surface area contributed by atoms with E-state index < -0.39 is 59.9 Å². The molecule has 1 fully saturated rings. The van der Waals surface area contributed by atoms with Crippen LogP contribution in [0.25, 0.3) is 33.4 Å². The van der Waals surface area contributed by atoms with E-state index in [0.717, 1.165) is 71.7 Å². The van der Waals surface area contributed by atoms with E-state index in [9.17, 15) is 40.6 Å². The van der Waals surface area contributed by atoms with Crippen LogP contribution in [0.3, 0.4) is 0 Å². The van der Waals surface area contributed by atoms with E-state index in [0.29, 0.717) is 66.3 Å². The molecule has 5 amide bonds. The number of hydrogen-bond acceptors (Lipinski definition) is 14. The highest BCUT2D eigenvalue weighted by Gasteiger charge is 2.32. The Balaban J connectivity index is 0.983. The molecule has 5 aromatic rings. The van der Waals surface area contributed by atoms with Gasteiger partial charge in [-0.05, 0) is 116 Å². The van der Waals surface area contributed by atoms with Crippen molar-refractivity contribution >= 4 is 71.9 Å². The van der Waals surface area contributed by atoms with Gasteiger partial charge in [-0.3, -0.25) is 19.8 Å². The fraction of sp³-hybridized carbons (Fsp3) is 0.417. The van der Waals surface area contributed by atoms with E-state index in [1.165, 1.54) is 6.07 Å². The van der Waals surface area contributed by atoms with Gasteiger partial charge < -0.3 is 44.6 Å². The Bertz CT molecular complexity index is 3880. The third-order valence-corrected chi connectivity index (χ3v) is 18.7. The van der Waals surface area contributed by atoms with Crippen molar-refractivity contribution in [3.8, 4) is 22.5 Å². The van der Waals surface area contributed by atoms with Crippen molar-refractivity contribution in [2.24, 2.45) is 14.1 Å². The minimum atomic E-state index is -5.37. The number of fused-ring (bicyclic) bond motifs is 2. The number of sulfonamides is 1. The Morgan fingerprint density at radius 2 is 1.56 bits per heavy atom. The van der Waals surface area contributed by atoms with Gasteiger partial charge in [0, 0.05) is 90.1 Å². The fourth-order valence-corrected chi connectivity index (χ4v) is 13.3. The van der Waals surface area contributed by atoms with E-state index in [-0.39, 0.29) is 61.0 Å². The fourth-order valence-electron chi connectivity index (χ4n) is 10.8. The predicted molar refractivity (Wildman–Crippen MR) is 324 cm³/mol. The van der Waals surface area contributed by atoms with Gasteiger partial charge in [0.1, 0.15) is 65.1 Å². The lowest BCUT2D eigenvalue weighted by atomic mass is 9.93. The predicted octanol–water partition coefficient (Wildman–Crippen LogP) is 4.14. The molecule has 0 bridgehead atoms. The molecule has 454 valence electrons. The number of nitrogens with one attached hydrogen (secondary N) is 6. The van der Waals surface area contributed by atoms with E-state index in [1.54, 1.807) is 29.1 Å². The summed E-state index contributed by atoms with van der Waals surface area (Å²) in [5.74, 6) is -1.07. The maximum absolute atomic E-state index is 14.5. The second kappa shape index (κ2) is 28.0. The molecule has 2 atom stereocenters. The molecule has 4 heterocycles. The quantitative estimate of drug-likeness (QED) is 0.0204. The average molecular weight is 1220 g/mol. The van der Waals surface area contributed by atoms with Gasteiger partial charge in [0.25, 0.3) is 10.0 Å². The summed E-state index contributed by atoms with van der Waals surface area (Å²) in [6, 6.07) is 20.6. The third-order valence-electron chi connectivity index (χ3n) is 15.6.